The van der Waals surface area contributed by atoms with Crippen LogP contribution in [0.5, 0.6) is 5.75 Å². The zero-order chi connectivity index (χ0) is 27.5. The highest BCUT2D eigenvalue weighted by molar-refractivity contribution is 9.10. The number of methoxy groups -OCH3 is 1. The smallest absolute Gasteiger partial charge is 0.270 e. The number of amides is 2. The Morgan fingerprint density at radius 3 is 1.92 bits per heavy atom. The number of anilines is 2. The van der Waals surface area contributed by atoms with Crippen LogP contribution in [0, 0.1) is 5.82 Å². The average Bonchev–Trinajstić information content (AvgIpc) is 2.94. The fraction of sp³-hybridized carbons (Fsp3) is 0.0645. The summed E-state index contributed by atoms with van der Waals surface area (Å²) < 4.78 is 20.6. The van der Waals surface area contributed by atoms with Crippen LogP contribution in [0.3, 0.4) is 0 Å². The molecule has 5 nitrogen and oxygen atoms in total. The molecular formula is C31H22BrFN2O3S. The highest BCUT2D eigenvalue weighted by atomic mass is 79.9. The normalized spacial score (nSPS) is 13.6. The summed E-state index contributed by atoms with van der Waals surface area (Å²) in [5.41, 5.74) is 2.85. The molecule has 39 heavy (non-hydrogen) atoms. The van der Waals surface area contributed by atoms with Gasteiger partial charge in [-0.2, -0.15) is 0 Å². The minimum absolute atomic E-state index is 0.0629. The number of carbonyl (C=O) groups is 2. The van der Waals surface area contributed by atoms with Crippen molar-refractivity contribution in [3.05, 3.63) is 130 Å². The van der Waals surface area contributed by atoms with E-state index in [2.05, 4.69) is 15.9 Å². The molecule has 1 saturated heterocycles. The van der Waals surface area contributed by atoms with Crippen LogP contribution in [0.25, 0.3) is 6.08 Å². The zero-order valence-corrected chi connectivity index (χ0v) is 23.2. The molecule has 0 aliphatic carbocycles. The largest absolute Gasteiger partial charge is 0.496 e. The van der Waals surface area contributed by atoms with Gasteiger partial charge in [-0.25, -0.2) is 4.39 Å². The maximum atomic E-state index is 14.3. The summed E-state index contributed by atoms with van der Waals surface area (Å²) in [6, 6.07) is 28.0. The molecular weight excluding hydrogens is 579 g/mol. The molecule has 1 heterocycles. The van der Waals surface area contributed by atoms with Crippen LogP contribution in [0.1, 0.15) is 16.7 Å². The minimum atomic E-state index is -0.533. The first-order valence-corrected chi connectivity index (χ1v) is 13.2. The molecule has 0 bridgehead atoms. The number of para-hydroxylation sites is 2. The Hall–Kier alpha value is -4.14. The maximum absolute atomic E-state index is 14.3. The van der Waals surface area contributed by atoms with E-state index in [4.69, 9.17) is 17.0 Å². The van der Waals surface area contributed by atoms with Crippen LogP contribution in [0.2, 0.25) is 0 Å². The number of ether oxygens (including phenoxy) is 1. The Morgan fingerprint density at radius 2 is 1.38 bits per heavy atom. The highest BCUT2D eigenvalue weighted by Crippen LogP contribution is 2.34. The second-order valence-electron chi connectivity index (χ2n) is 8.74. The van der Waals surface area contributed by atoms with Gasteiger partial charge in [0.1, 0.15) is 17.1 Å². The lowest BCUT2D eigenvalue weighted by atomic mass is 10.00. The summed E-state index contributed by atoms with van der Waals surface area (Å²) in [6.45, 7) is 0. The van der Waals surface area contributed by atoms with Gasteiger partial charge in [0.05, 0.1) is 18.5 Å². The second-order valence-corrected chi connectivity index (χ2v) is 9.96. The Kier molecular flexibility index (Phi) is 7.67. The van der Waals surface area contributed by atoms with Crippen molar-refractivity contribution in [1.29, 1.82) is 0 Å². The predicted molar refractivity (Wildman–Crippen MR) is 158 cm³/mol. The SMILES string of the molecule is COc1cc(C=C2C(=O)N(c3ccccc3)C(=S)N(c3ccccc3)C2=O)cc(Br)c1Cc1ccccc1F. The summed E-state index contributed by atoms with van der Waals surface area (Å²) in [6.07, 6.45) is 1.82. The predicted octanol–water partition coefficient (Wildman–Crippen LogP) is 6.94. The van der Waals surface area contributed by atoms with Gasteiger partial charge in [-0.3, -0.25) is 19.4 Å². The van der Waals surface area contributed by atoms with Crippen LogP contribution < -0.4 is 14.5 Å². The van der Waals surface area contributed by atoms with Gasteiger partial charge in [-0.05, 0) is 71.9 Å². The van der Waals surface area contributed by atoms with Crippen molar-refractivity contribution >= 4 is 62.5 Å². The molecule has 194 valence electrons. The molecule has 0 unspecified atom stereocenters. The molecule has 0 N–H and O–H groups in total. The lowest BCUT2D eigenvalue weighted by Crippen LogP contribution is -2.56. The van der Waals surface area contributed by atoms with E-state index in [-0.39, 0.29) is 16.5 Å². The van der Waals surface area contributed by atoms with Gasteiger partial charge in [0.25, 0.3) is 11.8 Å². The van der Waals surface area contributed by atoms with Crippen molar-refractivity contribution in [2.45, 2.75) is 6.42 Å². The first kappa shape index (κ1) is 26.5. The molecule has 1 aliphatic heterocycles. The summed E-state index contributed by atoms with van der Waals surface area (Å²) in [5, 5.41) is 0.0681. The van der Waals surface area contributed by atoms with Gasteiger partial charge in [0, 0.05) is 16.5 Å². The topological polar surface area (TPSA) is 49.9 Å². The van der Waals surface area contributed by atoms with Crippen LogP contribution in [0.4, 0.5) is 15.8 Å². The molecule has 0 spiro atoms. The van der Waals surface area contributed by atoms with E-state index in [1.807, 2.05) is 12.1 Å². The summed E-state index contributed by atoms with van der Waals surface area (Å²) in [4.78, 5) is 30.2. The maximum Gasteiger partial charge on any atom is 0.270 e. The van der Waals surface area contributed by atoms with Gasteiger partial charge in [0.15, 0.2) is 5.11 Å². The monoisotopic (exact) mass is 600 g/mol. The number of hydrogen-bond donors (Lipinski definition) is 0. The zero-order valence-electron chi connectivity index (χ0n) is 20.8. The van der Waals surface area contributed by atoms with Crippen LogP contribution in [0.15, 0.2) is 107 Å². The van der Waals surface area contributed by atoms with Crippen LogP contribution >= 0.6 is 28.1 Å². The van der Waals surface area contributed by atoms with Gasteiger partial charge < -0.3 is 4.74 Å². The third-order valence-corrected chi connectivity index (χ3v) is 7.38. The standard InChI is InChI=1S/C31H22BrFN2O3S/c1-38-28-18-20(17-26(32)24(28)19-21-10-8-9-15-27(21)33)16-25-29(36)34(22-11-4-2-5-12-22)31(39)35(30(25)37)23-13-6-3-7-14-23/h2-18H,19H2,1H3. The number of nitrogens with zero attached hydrogens (tertiary/aromatic N) is 2. The molecule has 0 atom stereocenters. The van der Waals surface area contributed by atoms with E-state index in [0.29, 0.717) is 39.1 Å². The molecule has 8 heteroatoms. The number of carbonyl (C=O) groups excluding carboxylic acids is 2. The van der Waals surface area contributed by atoms with Crippen LogP contribution in [-0.4, -0.2) is 24.0 Å². The summed E-state index contributed by atoms with van der Waals surface area (Å²) >= 11 is 9.24. The number of thiocarbonyl (C=S) groups is 1. The molecule has 0 aromatic heterocycles. The van der Waals surface area contributed by atoms with Crippen LogP contribution in [-0.2, 0) is 16.0 Å². The summed E-state index contributed by atoms with van der Waals surface area (Å²) in [5.74, 6) is -0.887. The average molecular weight is 601 g/mol. The first-order valence-electron chi connectivity index (χ1n) is 12.0. The fourth-order valence-corrected chi connectivity index (χ4v) is 5.38. The van der Waals surface area contributed by atoms with Gasteiger partial charge in [-0.15, -0.1) is 0 Å². The molecule has 1 aliphatic rings. The Bertz CT molecular complexity index is 1550. The van der Waals surface area contributed by atoms with E-state index in [1.165, 1.54) is 29.1 Å². The Balaban J connectivity index is 1.60. The summed E-state index contributed by atoms with van der Waals surface area (Å²) in [7, 11) is 1.52. The third kappa shape index (κ3) is 5.26. The van der Waals surface area contributed by atoms with Crippen molar-refractivity contribution < 1.29 is 18.7 Å². The minimum Gasteiger partial charge on any atom is -0.496 e. The molecule has 5 rings (SSSR count). The third-order valence-electron chi connectivity index (χ3n) is 6.31. The number of halogens is 2. The molecule has 0 radical (unpaired) electrons. The van der Waals surface area contributed by atoms with E-state index in [0.717, 1.165) is 5.56 Å². The van der Waals surface area contributed by atoms with Gasteiger partial charge >= 0.3 is 0 Å². The van der Waals surface area contributed by atoms with Crippen molar-refractivity contribution in [2.75, 3.05) is 16.9 Å². The molecule has 0 saturated carbocycles. The molecule has 1 fully saturated rings. The van der Waals surface area contributed by atoms with Crippen molar-refractivity contribution in [3.63, 3.8) is 0 Å². The molecule has 4 aromatic carbocycles. The Labute approximate surface area is 239 Å². The Morgan fingerprint density at radius 1 is 0.846 bits per heavy atom. The van der Waals surface area contributed by atoms with Crippen molar-refractivity contribution in [2.24, 2.45) is 0 Å². The van der Waals surface area contributed by atoms with Crippen molar-refractivity contribution in [1.82, 2.24) is 0 Å². The lowest BCUT2D eigenvalue weighted by molar-refractivity contribution is -0.120. The van der Waals surface area contributed by atoms with Crippen molar-refractivity contribution in [3.8, 4) is 5.75 Å². The first-order chi connectivity index (χ1) is 18.9. The number of benzene rings is 4. The fourth-order valence-electron chi connectivity index (χ4n) is 4.41. The van der Waals surface area contributed by atoms with Gasteiger partial charge in [-0.1, -0.05) is 70.5 Å². The van der Waals surface area contributed by atoms with E-state index in [9.17, 15) is 14.0 Å². The number of rotatable bonds is 6. The quantitative estimate of drug-likeness (QED) is 0.137. The van der Waals surface area contributed by atoms with E-state index >= 15 is 0 Å². The van der Waals surface area contributed by atoms with Gasteiger partial charge in [0.2, 0.25) is 0 Å². The number of hydrogen-bond acceptors (Lipinski definition) is 4. The molecule has 4 aromatic rings. The lowest BCUT2D eigenvalue weighted by Gasteiger charge is -2.36. The molecule has 2 amide bonds. The second kappa shape index (κ2) is 11.3. The highest BCUT2D eigenvalue weighted by Gasteiger charge is 2.41. The van der Waals surface area contributed by atoms with E-state index in [1.54, 1.807) is 78.9 Å². The van der Waals surface area contributed by atoms with E-state index < -0.39 is 11.8 Å².